The minimum Gasteiger partial charge on any atom is -0.497 e. The summed E-state index contributed by atoms with van der Waals surface area (Å²) < 4.78 is 16.5. The van der Waals surface area contributed by atoms with Crippen molar-refractivity contribution in [1.82, 2.24) is 0 Å². The van der Waals surface area contributed by atoms with Gasteiger partial charge >= 0.3 is 0 Å². The van der Waals surface area contributed by atoms with Crippen LogP contribution in [0, 0.1) is 0 Å². The fraction of sp³-hybridized carbons (Fsp3) is 0.0667. The summed E-state index contributed by atoms with van der Waals surface area (Å²) in [4.78, 5) is 0. The molecule has 0 N–H and O–H groups in total. The van der Waals surface area contributed by atoms with Gasteiger partial charge in [0.05, 0.1) is 13.4 Å². The average molecular weight is 275 g/mol. The summed E-state index contributed by atoms with van der Waals surface area (Å²) in [5.74, 6) is 1.96. The highest BCUT2D eigenvalue weighted by molar-refractivity contribution is 6.30. The van der Waals surface area contributed by atoms with Crippen LogP contribution in [-0.2, 0) is 0 Å². The van der Waals surface area contributed by atoms with Gasteiger partial charge in [0.2, 0.25) is 0 Å². The maximum atomic E-state index is 5.94. The first kappa shape index (κ1) is 11.9. The molecule has 0 unspecified atom stereocenters. The van der Waals surface area contributed by atoms with Crippen LogP contribution in [0.1, 0.15) is 0 Å². The van der Waals surface area contributed by atoms with Crippen molar-refractivity contribution in [3.63, 3.8) is 0 Å². The Bertz CT molecular complexity index is 718. The van der Waals surface area contributed by atoms with Gasteiger partial charge in [0.25, 0.3) is 0 Å². The number of ether oxygens (including phenoxy) is 2. The van der Waals surface area contributed by atoms with Crippen LogP contribution in [0.3, 0.4) is 0 Å². The third kappa shape index (κ3) is 2.37. The van der Waals surface area contributed by atoms with Gasteiger partial charge in [0, 0.05) is 16.5 Å². The molecule has 0 saturated carbocycles. The maximum Gasteiger partial charge on any atom is 0.176 e. The Kier molecular flexibility index (Phi) is 3.05. The Morgan fingerprint density at radius 3 is 2.74 bits per heavy atom. The highest BCUT2D eigenvalue weighted by Gasteiger charge is 2.10. The zero-order valence-electron chi connectivity index (χ0n) is 10.2. The summed E-state index contributed by atoms with van der Waals surface area (Å²) in [5.41, 5.74) is 0.681. The maximum absolute atomic E-state index is 5.94. The van der Waals surface area contributed by atoms with E-state index in [2.05, 4.69) is 0 Å². The number of furan rings is 1. The van der Waals surface area contributed by atoms with Crippen LogP contribution in [0.25, 0.3) is 11.0 Å². The Labute approximate surface area is 115 Å². The van der Waals surface area contributed by atoms with E-state index in [4.69, 9.17) is 25.5 Å². The van der Waals surface area contributed by atoms with Crippen LogP contribution in [0.2, 0.25) is 5.02 Å². The van der Waals surface area contributed by atoms with Gasteiger partial charge in [-0.05, 0) is 30.3 Å². The quantitative estimate of drug-likeness (QED) is 0.682. The SMILES string of the molecule is COc1cc(Oc2cccc(Cl)c2)c2occc2c1. The zero-order chi connectivity index (χ0) is 13.2. The third-order valence-electron chi connectivity index (χ3n) is 2.75. The van der Waals surface area contributed by atoms with Gasteiger partial charge in [-0.1, -0.05) is 17.7 Å². The molecule has 0 atom stereocenters. The van der Waals surface area contributed by atoms with E-state index in [9.17, 15) is 0 Å². The fourth-order valence-corrected chi connectivity index (χ4v) is 2.05. The molecule has 0 fully saturated rings. The molecule has 19 heavy (non-hydrogen) atoms. The first-order valence-corrected chi connectivity index (χ1v) is 6.13. The molecule has 1 heterocycles. The topological polar surface area (TPSA) is 31.6 Å². The molecule has 0 bridgehead atoms. The molecule has 3 aromatic rings. The van der Waals surface area contributed by atoms with Crippen molar-refractivity contribution in [3.8, 4) is 17.2 Å². The second kappa shape index (κ2) is 4.86. The first-order valence-electron chi connectivity index (χ1n) is 5.75. The predicted octanol–water partition coefficient (Wildman–Crippen LogP) is 4.89. The van der Waals surface area contributed by atoms with E-state index in [0.717, 1.165) is 5.39 Å². The summed E-state index contributed by atoms with van der Waals surface area (Å²) in [6, 6.07) is 12.7. The second-order valence-electron chi connectivity index (χ2n) is 4.02. The summed E-state index contributed by atoms with van der Waals surface area (Å²) in [6.45, 7) is 0. The summed E-state index contributed by atoms with van der Waals surface area (Å²) >= 11 is 5.94. The molecule has 1 aromatic heterocycles. The molecule has 3 rings (SSSR count). The van der Waals surface area contributed by atoms with Crippen LogP contribution in [0.4, 0.5) is 0 Å². The predicted molar refractivity (Wildman–Crippen MR) is 74.3 cm³/mol. The van der Waals surface area contributed by atoms with Crippen LogP contribution in [0.15, 0.2) is 53.1 Å². The van der Waals surface area contributed by atoms with Crippen LogP contribution in [-0.4, -0.2) is 7.11 Å². The van der Waals surface area contributed by atoms with Crippen LogP contribution in [0.5, 0.6) is 17.2 Å². The molecule has 0 aliphatic carbocycles. The Morgan fingerprint density at radius 1 is 1.05 bits per heavy atom. The molecule has 0 aliphatic rings. The van der Waals surface area contributed by atoms with Crippen molar-refractivity contribution in [2.45, 2.75) is 0 Å². The molecule has 0 amide bonds. The summed E-state index contributed by atoms with van der Waals surface area (Å²) in [5, 5.41) is 1.55. The Morgan fingerprint density at radius 2 is 1.95 bits per heavy atom. The second-order valence-corrected chi connectivity index (χ2v) is 4.46. The lowest BCUT2D eigenvalue weighted by atomic mass is 10.2. The molecule has 4 heteroatoms. The molecule has 2 aromatic carbocycles. The number of hydrogen-bond donors (Lipinski definition) is 0. The van der Waals surface area contributed by atoms with Gasteiger partial charge < -0.3 is 13.9 Å². The molecule has 0 radical (unpaired) electrons. The van der Waals surface area contributed by atoms with E-state index in [1.54, 1.807) is 31.6 Å². The van der Waals surface area contributed by atoms with Gasteiger partial charge in [-0.25, -0.2) is 0 Å². The van der Waals surface area contributed by atoms with E-state index in [-0.39, 0.29) is 0 Å². The Balaban J connectivity index is 2.06. The van der Waals surface area contributed by atoms with Crippen molar-refractivity contribution in [1.29, 1.82) is 0 Å². The standard InChI is InChI=1S/C15H11ClO3/c1-17-13-7-10-5-6-18-15(10)14(9-13)19-12-4-2-3-11(16)8-12/h2-9H,1H3. The molecule has 0 spiro atoms. The summed E-state index contributed by atoms with van der Waals surface area (Å²) in [6.07, 6.45) is 1.62. The van der Waals surface area contributed by atoms with E-state index in [1.165, 1.54) is 0 Å². The van der Waals surface area contributed by atoms with Crippen molar-refractivity contribution in [2.75, 3.05) is 7.11 Å². The number of benzene rings is 2. The monoisotopic (exact) mass is 274 g/mol. The number of fused-ring (bicyclic) bond motifs is 1. The molecular formula is C15H11ClO3. The summed E-state index contributed by atoms with van der Waals surface area (Å²) in [7, 11) is 1.62. The minimum atomic E-state index is 0.599. The minimum absolute atomic E-state index is 0.599. The molecule has 0 aliphatic heterocycles. The van der Waals surface area contributed by atoms with Crippen LogP contribution < -0.4 is 9.47 Å². The van der Waals surface area contributed by atoms with Crippen molar-refractivity contribution >= 4 is 22.6 Å². The highest BCUT2D eigenvalue weighted by atomic mass is 35.5. The lowest BCUT2D eigenvalue weighted by molar-refractivity contribution is 0.409. The van der Waals surface area contributed by atoms with Gasteiger partial charge in [-0.3, -0.25) is 0 Å². The lowest BCUT2D eigenvalue weighted by Gasteiger charge is -2.08. The van der Waals surface area contributed by atoms with E-state index < -0.39 is 0 Å². The van der Waals surface area contributed by atoms with E-state index in [1.807, 2.05) is 24.3 Å². The molecule has 3 nitrogen and oxygen atoms in total. The lowest BCUT2D eigenvalue weighted by Crippen LogP contribution is -1.87. The van der Waals surface area contributed by atoms with Gasteiger partial charge in [0.1, 0.15) is 11.5 Å². The molecule has 0 saturated heterocycles. The van der Waals surface area contributed by atoms with E-state index in [0.29, 0.717) is 27.9 Å². The van der Waals surface area contributed by atoms with Crippen molar-refractivity contribution in [2.24, 2.45) is 0 Å². The third-order valence-corrected chi connectivity index (χ3v) is 2.99. The van der Waals surface area contributed by atoms with Gasteiger partial charge in [0.15, 0.2) is 11.3 Å². The normalized spacial score (nSPS) is 10.6. The van der Waals surface area contributed by atoms with Gasteiger partial charge in [-0.2, -0.15) is 0 Å². The van der Waals surface area contributed by atoms with E-state index >= 15 is 0 Å². The van der Waals surface area contributed by atoms with Crippen molar-refractivity contribution < 1.29 is 13.9 Å². The average Bonchev–Trinajstić information content (AvgIpc) is 2.87. The highest BCUT2D eigenvalue weighted by Crippen LogP contribution is 2.35. The number of hydrogen-bond acceptors (Lipinski definition) is 3. The zero-order valence-corrected chi connectivity index (χ0v) is 11.0. The number of rotatable bonds is 3. The fourth-order valence-electron chi connectivity index (χ4n) is 1.87. The van der Waals surface area contributed by atoms with Crippen LogP contribution >= 0.6 is 11.6 Å². The molecule has 96 valence electrons. The van der Waals surface area contributed by atoms with Gasteiger partial charge in [-0.15, -0.1) is 0 Å². The first-order chi connectivity index (χ1) is 9.26. The Hall–Kier alpha value is -2.13. The van der Waals surface area contributed by atoms with Crippen molar-refractivity contribution in [3.05, 3.63) is 53.8 Å². The number of halogens is 1. The molecular weight excluding hydrogens is 264 g/mol. The number of methoxy groups -OCH3 is 1. The smallest absolute Gasteiger partial charge is 0.176 e. The largest absolute Gasteiger partial charge is 0.497 e.